The van der Waals surface area contributed by atoms with Gasteiger partial charge >= 0.3 is 0 Å². The lowest BCUT2D eigenvalue weighted by Crippen LogP contribution is -2.42. The second-order valence-electron chi connectivity index (χ2n) is 8.30. The Morgan fingerprint density at radius 1 is 1.12 bits per heavy atom. The number of aromatic nitrogens is 4. The maximum absolute atomic E-state index is 13.8. The minimum absolute atomic E-state index is 0.0344. The Balaban J connectivity index is 1.53. The number of amides is 1. The molecule has 176 valence electrons. The van der Waals surface area contributed by atoms with E-state index in [1.807, 2.05) is 33.4 Å². The average Bonchev–Trinajstić information content (AvgIpc) is 3.46. The molecule has 0 saturated carbocycles. The molecule has 1 amide bonds. The Hall–Kier alpha value is -3.21. The van der Waals surface area contributed by atoms with E-state index in [0.717, 1.165) is 11.4 Å². The van der Waals surface area contributed by atoms with Crippen molar-refractivity contribution in [3.63, 3.8) is 0 Å². The lowest BCUT2D eigenvalue weighted by Gasteiger charge is -2.31. The van der Waals surface area contributed by atoms with E-state index in [9.17, 15) is 13.2 Å². The van der Waals surface area contributed by atoms with E-state index in [1.54, 1.807) is 35.6 Å². The van der Waals surface area contributed by atoms with Gasteiger partial charge in [-0.1, -0.05) is 35.9 Å². The molecule has 0 bridgehead atoms. The number of benzene rings is 2. The van der Waals surface area contributed by atoms with Crippen LogP contribution in [-0.2, 0) is 34.3 Å². The molecule has 1 atom stereocenters. The molecule has 0 spiro atoms. The summed E-state index contributed by atoms with van der Waals surface area (Å²) in [6.45, 7) is 1.52. The number of sulfonamides is 1. The van der Waals surface area contributed by atoms with Crippen LogP contribution < -0.4 is 5.14 Å². The first kappa shape index (κ1) is 22.6. The first-order valence-electron chi connectivity index (χ1n) is 10.8. The molecule has 0 saturated heterocycles. The van der Waals surface area contributed by atoms with E-state index in [-0.39, 0.29) is 10.8 Å². The van der Waals surface area contributed by atoms with Crippen molar-refractivity contribution in [3.8, 4) is 0 Å². The van der Waals surface area contributed by atoms with Gasteiger partial charge in [-0.3, -0.25) is 4.79 Å². The number of carbonyl (C=O) groups is 1. The van der Waals surface area contributed by atoms with Crippen molar-refractivity contribution < 1.29 is 13.2 Å². The second kappa shape index (κ2) is 8.86. The normalized spacial score (nSPS) is 14.8. The largest absolute Gasteiger partial charge is 0.335 e. The van der Waals surface area contributed by atoms with E-state index < -0.39 is 16.1 Å². The SMILES string of the molecule is NS(=O)(=O)c1cccc2c1ccn2C(CCc1ccccc1Cl)C(=O)N1CCn2cnnc2C1. The number of rotatable bonds is 6. The number of primary sulfonamides is 1. The smallest absolute Gasteiger partial charge is 0.246 e. The van der Waals surface area contributed by atoms with Gasteiger partial charge in [0.1, 0.15) is 12.4 Å². The third kappa shape index (κ3) is 4.20. The Labute approximate surface area is 201 Å². The highest BCUT2D eigenvalue weighted by Gasteiger charge is 2.30. The average molecular weight is 499 g/mol. The number of hydrogen-bond acceptors (Lipinski definition) is 5. The molecule has 2 N–H and O–H groups in total. The number of nitrogens with zero attached hydrogens (tertiary/aromatic N) is 5. The zero-order valence-corrected chi connectivity index (χ0v) is 19.8. The highest BCUT2D eigenvalue weighted by Crippen LogP contribution is 2.30. The summed E-state index contributed by atoms with van der Waals surface area (Å²) in [4.78, 5) is 15.6. The standard InChI is InChI=1S/C23H23ClN6O3S/c24-18-5-2-1-4-16(18)8-9-20(23(31)28-12-13-29-15-26-27-22(29)14-28)30-11-10-17-19(30)6-3-7-21(17)34(25,32)33/h1-7,10-11,15,20H,8-9,12-14H2,(H2,25,32,33). The Morgan fingerprint density at radius 2 is 1.94 bits per heavy atom. The Morgan fingerprint density at radius 3 is 2.74 bits per heavy atom. The van der Waals surface area contributed by atoms with Crippen molar-refractivity contribution in [3.05, 3.63) is 77.5 Å². The second-order valence-corrected chi connectivity index (χ2v) is 10.2. The van der Waals surface area contributed by atoms with Gasteiger partial charge in [-0.15, -0.1) is 10.2 Å². The molecular formula is C23H23ClN6O3S. The van der Waals surface area contributed by atoms with Gasteiger partial charge in [0.25, 0.3) is 0 Å². The summed E-state index contributed by atoms with van der Waals surface area (Å²) in [6.07, 6.45) is 4.48. The van der Waals surface area contributed by atoms with Crippen molar-refractivity contribution in [1.29, 1.82) is 0 Å². The number of carbonyl (C=O) groups excluding carboxylic acids is 1. The molecule has 34 heavy (non-hydrogen) atoms. The van der Waals surface area contributed by atoms with Gasteiger partial charge in [-0.25, -0.2) is 13.6 Å². The van der Waals surface area contributed by atoms with Gasteiger partial charge in [0, 0.05) is 29.7 Å². The summed E-state index contributed by atoms with van der Waals surface area (Å²) >= 11 is 6.37. The van der Waals surface area contributed by atoms with Gasteiger partial charge in [0.05, 0.1) is 17.0 Å². The summed E-state index contributed by atoms with van der Waals surface area (Å²) in [6, 6.07) is 13.6. The molecule has 1 unspecified atom stereocenters. The van der Waals surface area contributed by atoms with Crippen LogP contribution in [0.3, 0.4) is 0 Å². The molecule has 11 heteroatoms. The van der Waals surface area contributed by atoms with Crippen molar-refractivity contribution in [1.82, 2.24) is 24.2 Å². The monoisotopic (exact) mass is 498 g/mol. The van der Waals surface area contributed by atoms with Gasteiger partial charge in [0.15, 0.2) is 5.82 Å². The number of fused-ring (bicyclic) bond motifs is 2. The van der Waals surface area contributed by atoms with Crippen LogP contribution in [0.1, 0.15) is 23.9 Å². The molecule has 9 nitrogen and oxygen atoms in total. The van der Waals surface area contributed by atoms with Crippen molar-refractivity contribution in [2.45, 2.75) is 36.9 Å². The summed E-state index contributed by atoms with van der Waals surface area (Å²) in [5, 5.41) is 14.6. The number of hydrogen-bond donors (Lipinski definition) is 1. The van der Waals surface area contributed by atoms with Crippen LogP contribution in [0, 0.1) is 0 Å². The molecule has 3 heterocycles. The van der Waals surface area contributed by atoms with Gasteiger partial charge < -0.3 is 14.0 Å². The van der Waals surface area contributed by atoms with E-state index >= 15 is 0 Å². The number of halogens is 1. The highest BCUT2D eigenvalue weighted by atomic mass is 35.5. The van der Waals surface area contributed by atoms with E-state index in [2.05, 4.69) is 10.2 Å². The maximum Gasteiger partial charge on any atom is 0.246 e. The first-order valence-corrected chi connectivity index (χ1v) is 12.8. The molecule has 1 aliphatic heterocycles. The molecule has 2 aromatic carbocycles. The Bertz CT molecular complexity index is 1480. The first-order chi connectivity index (χ1) is 16.3. The van der Waals surface area contributed by atoms with E-state index in [0.29, 0.717) is 48.4 Å². The lowest BCUT2D eigenvalue weighted by molar-refractivity contribution is -0.136. The fraction of sp³-hybridized carbons (Fsp3) is 0.261. The number of aryl methyl sites for hydroxylation is 1. The predicted octanol–water partition coefficient (Wildman–Crippen LogP) is 2.75. The van der Waals surface area contributed by atoms with Gasteiger partial charge in [-0.05, 0) is 42.7 Å². The number of nitrogens with two attached hydrogens (primary N) is 1. The summed E-state index contributed by atoms with van der Waals surface area (Å²) in [5.41, 5.74) is 1.58. The Kier molecular flexibility index (Phi) is 5.88. The fourth-order valence-electron chi connectivity index (χ4n) is 4.52. The van der Waals surface area contributed by atoms with Crippen molar-refractivity contribution in [2.24, 2.45) is 5.14 Å². The zero-order chi connectivity index (χ0) is 23.9. The minimum Gasteiger partial charge on any atom is -0.335 e. The van der Waals surface area contributed by atoms with Crippen molar-refractivity contribution in [2.75, 3.05) is 6.54 Å². The fourth-order valence-corrected chi connectivity index (χ4v) is 5.50. The predicted molar refractivity (Wildman–Crippen MR) is 128 cm³/mol. The van der Waals surface area contributed by atoms with Crippen LogP contribution in [0.25, 0.3) is 10.9 Å². The third-order valence-corrected chi connectivity index (χ3v) is 7.58. The molecule has 0 radical (unpaired) electrons. The van der Waals surface area contributed by atoms with Gasteiger partial charge in [0.2, 0.25) is 15.9 Å². The van der Waals surface area contributed by atoms with Crippen LogP contribution in [0.5, 0.6) is 0 Å². The van der Waals surface area contributed by atoms with Crippen LogP contribution in [-0.4, -0.2) is 45.1 Å². The van der Waals surface area contributed by atoms with Crippen LogP contribution in [0.4, 0.5) is 0 Å². The topological polar surface area (TPSA) is 116 Å². The van der Waals surface area contributed by atoms with Crippen molar-refractivity contribution >= 4 is 38.4 Å². The molecule has 4 aromatic rings. The lowest BCUT2D eigenvalue weighted by atomic mass is 10.0. The maximum atomic E-state index is 13.8. The van der Waals surface area contributed by atoms with E-state index in [4.69, 9.17) is 16.7 Å². The zero-order valence-electron chi connectivity index (χ0n) is 18.2. The molecular weight excluding hydrogens is 476 g/mol. The summed E-state index contributed by atoms with van der Waals surface area (Å²) in [7, 11) is -3.91. The highest BCUT2D eigenvalue weighted by molar-refractivity contribution is 7.89. The minimum atomic E-state index is -3.91. The molecule has 0 aliphatic carbocycles. The van der Waals surface area contributed by atoms with Crippen LogP contribution in [0.2, 0.25) is 5.02 Å². The molecule has 2 aromatic heterocycles. The quantitative estimate of drug-likeness (QED) is 0.438. The molecule has 0 fully saturated rings. The molecule has 1 aliphatic rings. The van der Waals surface area contributed by atoms with E-state index in [1.165, 1.54) is 6.07 Å². The third-order valence-electron chi connectivity index (χ3n) is 6.25. The summed E-state index contributed by atoms with van der Waals surface area (Å²) in [5.74, 6) is 0.665. The molecule has 5 rings (SSSR count). The van der Waals surface area contributed by atoms with Crippen LogP contribution in [0.15, 0.2) is 66.0 Å². The van der Waals surface area contributed by atoms with Gasteiger partial charge in [-0.2, -0.15) is 0 Å². The summed E-state index contributed by atoms with van der Waals surface area (Å²) < 4.78 is 28.0. The van der Waals surface area contributed by atoms with Crippen LogP contribution >= 0.6 is 11.6 Å².